The van der Waals surface area contributed by atoms with Gasteiger partial charge in [-0.25, -0.2) is 0 Å². The van der Waals surface area contributed by atoms with Gasteiger partial charge in [-0.05, 0) is 42.0 Å². The summed E-state index contributed by atoms with van der Waals surface area (Å²) in [5, 5.41) is 25.7. The first kappa shape index (κ1) is 21.2. The van der Waals surface area contributed by atoms with Gasteiger partial charge in [0, 0.05) is 30.4 Å². The number of ether oxygens (including phenoxy) is 1. The molecule has 10 heteroatoms. The minimum Gasteiger partial charge on any atom is -0.378 e. The Morgan fingerprint density at radius 3 is 2.57 bits per heavy atom. The van der Waals surface area contributed by atoms with E-state index < -0.39 is 10.8 Å². The van der Waals surface area contributed by atoms with E-state index in [0.717, 1.165) is 5.56 Å². The molecule has 2 aromatic carbocycles. The molecule has 1 amide bonds. The fourth-order valence-electron chi connectivity index (χ4n) is 3.02. The molecule has 9 nitrogen and oxygen atoms in total. The van der Waals surface area contributed by atoms with Crippen molar-refractivity contribution < 1.29 is 14.5 Å². The Labute approximate surface area is 178 Å². The lowest BCUT2D eigenvalue weighted by Crippen LogP contribution is -2.37. The number of hydrogen-bond acceptors (Lipinski definition) is 7. The molecule has 1 aliphatic rings. The van der Waals surface area contributed by atoms with Crippen LogP contribution in [0.4, 0.5) is 17.1 Å². The highest BCUT2D eigenvalue weighted by Crippen LogP contribution is 2.30. The zero-order chi connectivity index (χ0) is 21.5. The molecule has 0 radical (unpaired) electrons. The van der Waals surface area contributed by atoms with E-state index in [-0.39, 0.29) is 16.4 Å². The van der Waals surface area contributed by atoms with Gasteiger partial charge in [0.1, 0.15) is 5.69 Å². The van der Waals surface area contributed by atoms with Crippen LogP contribution in [0.3, 0.4) is 0 Å². The van der Waals surface area contributed by atoms with Crippen LogP contribution in [0.1, 0.15) is 15.9 Å². The van der Waals surface area contributed by atoms with Gasteiger partial charge in [-0.2, -0.15) is 5.26 Å². The van der Waals surface area contributed by atoms with E-state index in [9.17, 15) is 14.9 Å². The van der Waals surface area contributed by atoms with Crippen molar-refractivity contribution in [3.63, 3.8) is 0 Å². The number of hydrogen-bond donors (Lipinski definition) is 2. The van der Waals surface area contributed by atoms with E-state index in [1.54, 1.807) is 30.3 Å². The number of thiocarbonyl (C=S) groups is 1. The molecule has 0 saturated carbocycles. The summed E-state index contributed by atoms with van der Waals surface area (Å²) in [6, 6.07) is 13.5. The number of nitrogens with zero attached hydrogens (tertiary/aromatic N) is 3. The van der Waals surface area contributed by atoms with E-state index in [1.807, 2.05) is 4.90 Å². The van der Waals surface area contributed by atoms with Crippen LogP contribution >= 0.6 is 12.2 Å². The van der Waals surface area contributed by atoms with Crippen molar-refractivity contribution in [3.8, 4) is 6.07 Å². The molecule has 1 fully saturated rings. The fourth-order valence-corrected chi connectivity index (χ4v) is 3.23. The summed E-state index contributed by atoms with van der Waals surface area (Å²) < 4.78 is 5.28. The summed E-state index contributed by atoms with van der Waals surface area (Å²) in [4.78, 5) is 25.4. The van der Waals surface area contributed by atoms with E-state index in [0.29, 0.717) is 44.1 Å². The number of carbonyl (C=O) groups excluding carboxylic acids is 1. The molecule has 1 aliphatic heterocycles. The first-order valence-corrected chi connectivity index (χ1v) is 9.58. The van der Waals surface area contributed by atoms with Gasteiger partial charge in [-0.15, -0.1) is 0 Å². The van der Waals surface area contributed by atoms with Crippen LogP contribution in [-0.2, 0) is 11.2 Å². The number of amides is 1. The maximum atomic E-state index is 12.5. The molecular weight excluding hydrogens is 406 g/mol. The maximum Gasteiger partial charge on any atom is 0.293 e. The molecule has 0 unspecified atom stereocenters. The third kappa shape index (κ3) is 5.28. The predicted octanol–water partition coefficient (Wildman–Crippen LogP) is 2.62. The van der Waals surface area contributed by atoms with Gasteiger partial charge in [-0.3, -0.25) is 20.2 Å². The summed E-state index contributed by atoms with van der Waals surface area (Å²) in [5.41, 5.74) is 1.96. The molecular formula is C20H19N5O4S. The Balaban J connectivity index is 1.68. The van der Waals surface area contributed by atoms with Crippen LogP contribution in [0.2, 0.25) is 0 Å². The van der Waals surface area contributed by atoms with Gasteiger partial charge in [0.2, 0.25) is 0 Å². The third-order valence-corrected chi connectivity index (χ3v) is 4.71. The average Bonchev–Trinajstić information content (AvgIpc) is 2.75. The van der Waals surface area contributed by atoms with Gasteiger partial charge >= 0.3 is 0 Å². The van der Waals surface area contributed by atoms with Crippen molar-refractivity contribution >= 4 is 40.3 Å². The lowest BCUT2D eigenvalue weighted by Gasteiger charge is -2.28. The molecule has 0 aliphatic carbocycles. The summed E-state index contributed by atoms with van der Waals surface area (Å²) >= 11 is 5.16. The number of morpholine rings is 1. The molecule has 154 valence electrons. The number of carbonyl (C=O) groups is 1. The van der Waals surface area contributed by atoms with E-state index in [1.165, 1.54) is 12.1 Å². The molecule has 0 aromatic heterocycles. The summed E-state index contributed by atoms with van der Waals surface area (Å²) in [5.74, 6) is -0.551. The molecule has 1 heterocycles. The second-order valence-electron chi connectivity index (χ2n) is 6.50. The third-order valence-electron chi connectivity index (χ3n) is 4.51. The molecule has 2 aromatic rings. The zero-order valence-electron chi connectivity index (χ0n) is 16.0. The van der Waals surface area contributed by atoms with Gasteiger partial charge in [0.25, 0.3) is 11.6 Å². The van der Waals surface area contributed by atoms with E-state index in [4.69, 9.17) is 22.2 Å². The van der Waals surface area contributed by atoms with Gasteiger partial charge in [-0.1, -0.05) is 12.1 Å². The fraction of sp³-hybridized carbons (Fsp3) is 0.250. The number of anilines is 2. The predicted molar refractivity (Wildman–Crippen MR) is 116 cm³/mol. The van der Waals surface area contributed by atoms with Crippen LogP contribution in [0, 0.1) is 21.4 Å². The van der Waals surface area contributed by atoms with E-state index >= 15 is 0 Å². The zero-order valence-corrected chi connectivity index (χ0v) is 16.8. The molecule has 0 bridgehead atoms. The van der Waals surface area contributed by atoms with Gasteiger partial charge in [0.15, 0.2) is 5.11 Å². The van der Waals surface area contributed by atoms with Crippen LogP contribution < -0.4 is 15.5 Å². The van der Waals surface area contributed by atoms with Crippen LogP contribution in [0.15, 0.2) is 42.5 Å². The molecule has 2 N–H and O–H groups in total. The number of nitrogens with one attached hydrogen (secondary N) is 2. The second kappa shape index (κ2) is 9.78. The number of nitriles is 1. The Bertz CT molecular complexity index is 997. The van der Waals surface area contributed by atoms with Crippen LogP contribution in [0.5, 0.6) is 0 Å². The molecule has 30 heavy (non-hydrogen) atoms. The topological polar surface area (TPSA) is 121 Å². The first-order valence-electron chi connectivity index (χ1n) is 9.17. The number of nitro benzene ring substituents is 1. The van der Waals surface area contributed by atoms with Crippen molar-refractivity contribution in [1.29, 1.82) is 5.26 Å². The molecule has 3 rings (SSSR count). The minimum absolute atomic E-state index is 0.0629. The van der Waals surface area contributed by atoms with Crippen molar-refractivity contribution in [3.05, 3.63) is 63.7 Å². The number of nitro groups is 1. The Hall–Kier alpha value is -3.55. The summed E-state index contributed by atoms with van der Waals surface area (Å²) in [6.07, 6.45) is 0.306. The highest BCUT2D eigenvalue weighted by Gasteiger charge is 2.23. The number of benzene rings is 2. The van der Waals surface area contributed by atoms with Crippen molar-refractivity contribution in [2.45, 2.75) is 6.42 Å². The Morgan fingerprint density at radius 1 is 1.23 bits per heavy atom. The van der Waals surface area contributed by atoms with Crippen molar-refractivity contribution in [2.75, 3.05) is 36.5 Å². The lowest BCUT2D eigenvalue weighted by atomic mass is 10.1. The summed E-state index contributed by atoms with van der Waals surface area (Å²) in [6.45, 7) is 2.09. The average molecular weight is 425 g/mol. The van der Waals surface area contributed by atoms with Crippen molar-refractivity contribution in [2.24, 2.45) is 0 Å². The number of rotatable bonds is 5. The lowest BCUT2D eigenvalue weighted by molar-refractivity contribution is -0.384. The Morgan fingerprint density at radius 2 is 1.93 bits per heavy atom. The smallest absolute Gasteiger partial charge is 0.293 e. The van der Waals surface area contributed by atoms with E-state index in [2.05, 4.69) is 16.7 Å². The minimum atomic E-state index is -0.551. The quantitative estimate of drug-likeness (QED) is 0.426. The van der Waals surface area contributed by atoms with Gasteiger partial charge in [0.05, 0.1) is 30.6 Å². The highest BCUT2D eigenvalue weighted by atomic mass is 32.1. The normalized spacial score (nSPS) is 13.2. The Kier molecular flexibility index (Phi) is 6.90. The second-order valence-corrected chi connectivity index (χ2v) is 6.91. The summed E-state index contributed by atoms with van der Waals surface area (Å²) in [7, 11) is 0. The maximum absolute atomic E-state index is 12.5. The molecule has 1 saturated heterocycles. The SMILES string of the molecule is N#CCc1ccc(NC(=S)NC(=O)c2ccc(N3CCOCC3)c([N+](=O)[O-])c2)cc1. The standard InChI is InChI=1S/C20H19N5O4S/c21-8-7-14-1-4-16(5-2-14)22-20(30)23-19(26)15-3-6-17(18(13-15)25(27)28)24-9-11-29-12-10-24/h1-6,13H,7,9-12H2,(H2,22,23,26,30). The monoisotopic (exact) mass is 425 g/mol. The molecule has 0 spiro atoms. The van der Waals surface area contributed by atoms with Crippen molar-refractivity contribution in [1.82, 2.24) is 5.32 Å². The molecule has 0 atom stereocenters. The van der Waals surface area contributed by atoms with Crippen LogP contribution in [-0.4, -0.2) is 42.2 Å². The highest BCUT2D eigenvalue weighted by molar-refractivity contribution is 7.80. The van der Waals surface area contributed by atoms with Crippen LogP contribution in [0.25, 0.3) is 0 Å². The van der Waals surface area contributed by atoms with Gasteiger partial charge < -0.3 is 15.0 Å². The largest absolute Gasteiger partial charge is 0.378 e. The first-order chi connectivity index (χ1) is 14.5.